The Morgan fingerprint density at radius 3 is 2.26 bits per heavy atom. The number of rotatable bonds is 7. The van der Waals surface area contributed by atoms with Gasteiger partial charge in [-0.1, -0.05) is 42.5 Å². The number of hydrogen-bond acceptors (Lipinski definition) is 5. The van der Waals surface area contributed by atoms with Gasteiger partial charge in [0.05, 0.1) is 17.6 Å². The quantitative estimate of drug-likeness (QED) is 0.286. The lowest BCUT2D eigenvalue weighted by Crippen LogP contribution is -2.30. The van der Waals surface area contributed by atoms with Crippen molar-refractivity contribution < 1.29 is 19.8 Å². The Balaban J connectivity index is 1.37. The van der Waals surface area contributed by atoms with Gasteiger partial charge in [0.1, 0.15) is 11.5 Å². The van der Waals surface area contributed by atoms with Crippen LogP contribution in [0.5, 0.6) is 11.5 Å². The lowest BCUT2D eigenvalue weighted by molar-refractivity contribution is 0.0785. The van der Waals surface area contributed by atoms with Crippen LogP contribution in [0.25, 0.3) is 10.9 Å². The molecule has 2 N–H and O–H groups in total. The number of amides is 2. The number of anilines is 1. The van der Waals surface area contributed by atoms with Gasteiger partial charge in [-0.15, -0.1) is 0 Å². The Hall–Kier alpha value is -5.17. The lowest BCUT2D eigenvalue weighted by Gasteiger charge is -2.24. The van der Waals surface area contributed by atoms with Crippen LogP contribution in [0.4, 0.5) is 5.69 Å². The summed E-state index contributed by atoms with van der Waals surface area (Å²) in [6, 6.07) is 30.0. The van der Waals surface area contributed by atoms with Crippen molar-refractivity contribution in [2.24, 2.45) is 0 Å². The molecule has 0 atom stereocenters. The summed E-state index contributed by atoms with van der Waals surface area (Å²) in [7, 11) is 1.75. The molecule has 194 valence electrons. The van der Waals surface area contributed by atoms with Crippen LogP contribution in [0.1, 0.15) is 31.8 Å². The fourth-order valence-electron chi connectivity index (χ4n) is 4.47. The van der Waals surface area contributed by atoms with E-state index in [-0.39, 0.29) is 29.5 Å². The van der Waals surface area contributed by atoms with Crippen molar-refractivity contribution in [2.75, 3.05) is 11.9 Å². The summed E-state index contributed by atoms with van der Waals surface area (Å²) in [6.45, 7) is 0.689. The number of aromatic hydroxyl groups is 2. The standard InChI is InChI=1S/C32H27N3O4/c1-34(20-23-9-16-29-25(18-23)8-5-17-33-29)31(38)24-10-12-26(13-11-24)35(21-22-6-3-2-4-7-22)32(39)28-15-14-27(36)19-30(28)37/h2-19,36-37H,20-21H2,1H3. The largest absolute Gasteiger partial charge is 0.508 e. The van der Waals surface area contributed by atoms with Crippen molar-refractivity contribution in [3.63, 3.8) is 0 Å². The van der Waals surface area contributed by atoms with Crippen LogP contribution in [0.15, 0.2) is 109 Å². The Labute approximate surface area is 226 Å². The van der Waals surface area contributed by atoms with Gasteiger partial charge < -0.3 is 20.0 Å². The zero-order chi connectivity index (χ0) is 27.4. The van der Waals surface area contributed by atoms with E-state index in [1.54, 1.807) is 42.4 Å². The maximum atomic E-state index is 13.5. The van der Waals surface area contributed by atoms with Gasteiger partial charge >= 0.3 is 0 Å². The summed E-state index contributed by atoms with van der Waals surface area (Å²) in [6.07, 6.45) is 1.75. The van der Waals surface area contributed by atoms with Gasteiger partial charge in [0, 0.05) is 42.5 Å². The number of pyridine rings is 1. The van der Waals surface area contributed by atoms with Gasteiger partial charge in [-0.25, -0.2) is 0 Å². The van der Waals surface area contributed by atoms with Crippen molar-refractivity contribution in [1.82, 2.24) is 9.88 Å². The average molecular weight is 518 g/mol. The number of phenolic OH excluding ortho intramolecular Hbond substituents is 2. The molecule has 0 radical (unpaired) electrons. The Bertz CT molecular complexity index is 1640. The first kappa shape index (κ1) is 25.5. The number of carbonyl (C=O) groups excluding carboxylic acids is 2. The third-order valence-electron chi connectivity index (χ3n) is 6.50. The number of benzene rings is 4. The maximum absolute atomic E-state index is 13.5. The fraction of sp³-hybridized carbons (Fsp3) is 0.0938. The Morgan fingerprint density at radius 2 is 1.51 bits per heavy atom. The van der Waals surface area contributed by atoms with E-state index >= 15 is 0 Å². The van der Waals surface area contributed by atoms with Gasteiger partial charge in [-0.3, -0.25) is 14.6 Å². The number of nitrogens with zero attached hydrogens (tertiary/aromatic N) is 3. The van der Waals surface area contributed by atoms with Crippen molar-refractivity contribution in [3.05, 3.63) is 132 Å². The fourth-order valence-corrected chi connectivity index (χ4v) is 4.47. The molecule has 2 amide bonds. The number of fused-ring (bicyclic) bond motifs is 1. The van der Waals surface area contributed by atoms with Crippen LogP contribution in [0, 0.1) is 0 Å². The molecule has 39 heavy (non-hydrogen) atoms. The molecule has 0 aliphatic rings. The molecule has 0 saturated heterocycles. The van der Waals surface area contributed by atoms with Crippen LogP contribution in [0.3, 0.4) is 0 Å². The van der Waals surface area contributed by atoms with Crippen LogP contribution in [-0.2, 0) is 13.1 Å². The number of phenols is 2. The molecule has 7 nitrogen and oxygen atoms in total. The third kappa shape index (κ3) is 5.72. The van der Waals surface area contributed by atoms with Crippen LogP contribution in [-0.4, -0.2) is 39.0 Å². The Morgan fingerprint density at radius 1 is 0.744 bits per heavy atom. The van der Waals surface area contributed by atoms with Gasteiger partial charge in [0.15, 0.2) is 0 Å². The van der Waals surface area contributed by atoms with E-state index in [1.165, 1.54) is 17.0 Å². The molecule has 1 heterocycles. The van der Waals surface area contributed by atoms with Gasteiger partial charge in [0.2, 0.25) is 0 Å². The second kappa shape index (κ2) is 11.1. The molecule has 0 unspecified atom stereocenters. The third-order valence-corrected chi connectivity index (χ3v) is 6.50. The maximum Gasteiger partial charge on any atom is 0.262 e. The molecule has 7 heteroatoms. The number of hydrogen-bond donors (Lipinski definition) is 2. The van der Waals surface area contributed by atoms with Crippen LogP contribution < -0.4 is 4.90 Å². The smallest absolute Gasteiger partial charge is 0.262 e. The molecule has 5 rings (SSSR count). The second-order valence-electron chi connectivity index (χ2n) is 9.32. The molecule has 0 fully saturated rings. The minimum absolute atomic E-state index is 0.0641. The van der Waals surface area contributed by atoms with Crippen molar-refractivity contribution in [1.29, 1.82) is 0 Å². The molecule has 5 aromatic rings. The monoisotopic (exact) mass is 517 g/mol. The summed E-state index contributed by atoms with van der Waals surface area (Å²) in [5.41, 5.74) is 3.92. The molecule has 0 spiro atoms. The molecule has 1 aromatic heterocycles. The highest BCUT2D eigenvalue weighted by Gasteiger charge is 2.22. The van der Waals surface area contributed by atoms with E-state index in [2.05, 4.69) is 4.98 Å². The van der Waals surface area contributed by atoms with E-state index < -0.39 is 5.91 Å². The van der Waals surface area contributed by atoms with Crippen molar-refractivity contribution in [2.45, 2.75) is 13.1 Å². The predicted molar refractivity (Wildman–Crippen MR) is 151 cm³/mol. The van der Waals surface area contributed by atoms with Crippen LogP contribution in [0.2, 0.25) is 0 Å². The normalized spacial score (nSPS) is 10.8. The van der Waals surface area contributed by atoms with Gasteiger partial charge in [-0.05, 0) is 65.7 Å². The van der Waals surface area contributed by atoms with E-state index in [9.17, 15) is 19.8 Å². The van der Waals surface area contributed by atoms with E-state index in [0.717, 1.165) is 28.1 Å². The van der Waals surface area contributed by atoms with E-state index in [1.807, 2.05) is 60.7 Å². The minimum Gasteiger partial charge on any atom is -0.508 e. The average Bonchev–Trinajstić information content (AvgIpc) is 2.96. The highest BCUT2D eigenvalue weighted by Crippen LogP contribution is 2.28. The first-order chi connectivity index (χ1) is 18.9. The summed E-state index contributed by atoms with van der Waals surface area (Å²) < 4.78 is 0. The van der Waals surface area contributed by atoms with Gasteiger partial charge in [0.25, 0.3) is 11.8 Å². The van der Waals surface area contributed by atoms with Crippen molar-refractivity contribution >= 4 is 28.4 Å². The molecule has 0 bridgehead atoms. The molecule has 0 aliphatic heterocycles. The summed E-state index contributed by atoms with van der Waals surface area (Å²) in [5.74, 6) is -1.02. The first-order valence-corrected chi connectivity index (χ1v) is 12.5. The van der Waals surface area contributed by atoms with Crippen LogP contribution >= 0.6 is 0 Å². The van der Waals surface area contributed by atoms with E-state index in [0.29, 0.717) is 17.8 Å². The SMILES string of the molecule is CN(Cc1ccc2ncccc2c1)C(=O)c1ccc(N(Cc2ccccc2)C(=O)c2ccc(O)cc2O)cc1. The highest BCUT2D eigenvalue weighted by molar-refractivity contribution is 6.08. The zero-order valence-corrected chi connectivity index (χ0v) is 21.4. The lowest BCUT2D eigenvalue weighted by atomic mass is 10.1. The Kier molecular flexibility index (Phi) is 7.23. The minimum atomic E-state index is -0.432. The first-order valence-electron chi connectivity index (χ1n) is 12.5. The topological polar surface area (TPSA) is 94.0 Å². The zero-order valence-electron chi connectivity index (χ0n) is 21.4. The van der Waals surface area contributed by atoms with Crippen molar-refractivity contribution in [3.8, 4) is 11.5 Å². The molecular formula is C32H27N3O4. The second-order valence-corrected chi connectivity index (χ2v) is 9.32. The van der Waals surface area contributed by atoms with E-state index in [4.69, 9.17) is 0 Å². The molecule has 0 aliphatic carbocycles. The van der Waals surface area contributed by atoms with Gasteiger partial charge in [-0.2, -0.15) is 0 Å². The summed E-state index contributed by atoms with van der Waals surface area (Å²) in [5, 5.41) is 21.0. The summed E-state index contributed by atoms with van der Waals surface area (Å²) >= 11 is 0. The molecular weight excluding hydrogens is 490 g/mol. The number of aromatic nitrogens is 1. The predicted octanol–water partition coefficient (Wildman–Crippen LogP) is 5.77. The summed E-state index contributed by atoms with van der Waals surface area (Å²) in [4.78, 5) is 34.2. The molecule has 0 saturated carbocycles. The highest BCUT2D eigenvalue weighted by atomic mass is 16.3. The molecule has 4 aromatic carbocycles. The number of carbonyl (C=O) groups is 2.